The van der Waals surface area contributed by atoms with E-state index in [1.807, 2.05) is 85.8 Å². The van der Waals surface area contributed by atoms with Gasteiger partial charge in [-0.3, -0.25) is 10.6 Å². The molecule has 43 heavy (non-hydrogen) atoms. The lowest BCUT2D eigenvalue weighted by Crippen LogP contribution is -2.25. The number of benzene rings is 5. The van der Waals surface area contributed by atoms with Crippen LogP contribution in [0.1, 0.15) is 19.4 Å². The van der Waals surface area contributed by atoms with Crippen LogP contribution < -0.4 is 20.1 Å². The lowest BCUT2D eigenvalue weighted by atomic mass is 9.99. The van der Waals surface area contributed by atoms with Gasteiger partial charge in [-0.1, -0.05) is 78.4 Å². The van der Waals surface area contributed by atoms with Crippen LogP contribution >= 0.6 is 0 Å². The fourth-order valence-corrected chi connectivity index (χ4v) is 4.70. The second-order valence-corrected chi connectivity index (χ2v) is 10.3. The number of carbonyl (C=O) groups excluding carboxylic acids is 2. The summed E-state index contributed by atoms with van der Waals surface area (Å²) in [4.78, 5) is 24.8. The Hall–Kier alpha value is -5.24. The molecule has 0 fully saturated rings. The number of carbonyl (C=O) groups is 2. The lowest BCUT2D eigenvalue weighted by Gasteiger charge is -2.21. The maximum atomic E-state index is 12.4. The van der Waals surface area contributed by atoms with Crippen molar-refractivity contribution >= 4 is 45.1 Å². The maximum absolute atomic E-state index is 12.4. The number of amides is 2. The van der Waals surface area contributed by atoms with E-state index in [-0.39, 0.29) is 13.2 Å². The van der Waals surface area contributed by atoms with Crippen molar-refractivity contribution in [2.24, 2.45) is 0 Å². The van der Waals surface area contributed by atoms with Gasteiger partial charge in [-0.15, -0.1) is 0 Å². The molecule has 0 bridgehead atoms. The van der Waals surface area contributed by atoms with Crippen molar-refractivity contribution in [2.75, 3.05) is 23.8 Å². The summed E-state index contributed by atoms with van der Waals surface area (Å²) >= 11 is 0. The highest BCUT2D eigenvalue weighted by Gasteiger charge is 2.20. The predicted octanol–water partition coefficient (Wildman–Crippen LogP) is 8.33. The molecule has 0 saturated heterocycles. The second kappa shape index (κ2) is 13.6. The number of aryl methyl sites for hydroxylation is 1. The molecule has 0 radical (unpaired) electrons. The standard InChI is InChI=1S/C35H34N2O6/c1-23-18-19-30-31(20-23)33(41-22-25(3)43-35(39)37-27-14-8-5-9-15-27)29-17-11-10-16-28(29)32(30)40-21-24(2)42-34(38)36-26-12-6-4-7-13-26/h4-20,24-25H,21-22H2,1-3H3,(H,36,38)(H,37,39). The molecule has 0 saturated carbocycles. The van der Waals surface area contributed by atoms with Crippen molar-refractivity contribution in [1.29, 1.82) is 0 Å². The minimum absolute atomic E-state index is 0.150. The Bertz CT molecular complexity index is 1710. The van der Waals surface area contributed by atoms with Crippen LogP contribution in [0.2, 0.25) is 0 Å². The molecule has 2 N–H and O–H groups in total. The number of hydrogen-bond donors (Lipinski definition) is 2. The maximum Gasteiger partial charge on any atom is 0.412 e. The summed E-state index contributed by atoms with van der Waals surface area (Å²) in [5.41, 5.74) is 2.36. The first-order valence-electron chi connectivity index (χ1n) is 14.1. The Morgan fingerprint density at radius 2 is 1.00 bits per heavy atom. The first-order valence-corrected chi connectivity index (χ1v) is 14.1. The third-order valence-electron chi connectivity index (χ3n) is 6.66. The third-order valence-corrected chi connectivity index (χ3v) is 6.66. The molecular weight excluding hydrogens is 544 g/mol. The van der Waals surface area contributed by atoms with Crippen molar-refractivity contribution in [3.8, 4) is 11.5 Å². The monoisotopic (exact) mass is 578 g/mol. The highest BCUT2D eigenvalue weighted by Crippen LogP contribution is 2.43. The van der Waals surface area contributed by atoms with E-state index in [2.05, 4.69) is 10.6 Å². The summed E-state index contributed by atoms with van der Waals surface area (Å²) < 4.78 is 23.8. The zero-order valence-corrected chi connectivity index (χ0v) is 24.3. The SMILES string of the molecule is Cc1ccc2c(OCC(C)OC(=O)Nc3ccccc3)c3ccccc3c(OCC(C)OC(=O)Nc3ccccc3)c2c1. The van der Waals surface area contributed by atoms with E-state index in [1.165, 1.54) is 0 Å². The van der Waals surface area contributed by atoms with Gasteiger partial charge in [0, 0.05) is 32.9 Å². The number of nitrogens with one attached hydrogen (secondary N) is 2. The highest BCUT2D eigenvalue weighted by atomic mass is 16.6. The van der Waals surface area contributed by atoms with Crippen LogP contribution in [0.3, 0.4) is 0 Å². The first-order chi connectivity index (χ1) is 20.9. The number of anilines is 2. The smallest absolute Gasteiger partial charge is 0.412 e. The Kier molecular flexibility index (Phi) is 9.26. The van der Waals surface area contributed by atoms with E-state index in [4.69, 9.17) is 18.9 Å². The summed E-state index contributed by atoms with van der Waals surface area (Å²) in [6.07, 6.45) is -2.13. The molecule has 8 nitrogen and oxygen atoms in total. The van der Waals surface area contributed by atoms with E-state index in [0.29, 0.717) is 22.9 Å². The van der Waals surface area contributed by atoms with Gasteiger partial charge >= 0.3 is 12.2 Å². The van der Waals surface area contributed by atoms with Crippen molar-refractivity contribution in [3.05, 3.63) is 109 Å². The Morgan fingerprint density at radius 1 is 0.581 bits per heavy atom. The minimum atomic E-state index is -0.551. The molecule has 0 aliphatic carbocycles. The fourth-order valence-electron chi connectivity index (χ4n) is 4.70. The van der Waals surface area contributed by atoms with Gasteiger partial charge in [0.2, 0.25) is 0 Å². The van der Waals surface area contributed by atoms with Crippen molar-refractivity contribution in [1.82, 2.24) is 0 Å². The summed E-state index contributed by atoms with van der Waals surface area (Å²) in [5.74, 6) is 1.34. The van der Waals surface area contributed by atoms with E-state index >= 15 is 0 Å². The molecule has 5 aromatic carbocycles. The van der Waals surface area contributed by atoms with Crippen molar-refractivity contribution in [2.45, 2.75) is 33.0 Å². The fraction of sp³-hybridized carbons (Fsp3) is 0.200. The zero-order chi connectivity index (χ0) is 30.2. The van der Waals surface area contributed by atoms with Crippen LogP contribution in [-0.4, -0.2) is 37.6 Å². The van der Waals surface area contributed by atoms with Gasteiger partial charge in [0.25, 0.3) is 0 Å². The number of hydrogen-bond acceptors (Lipinski definition) is 6. The topological polar surface area (TPSA) is 95.1 Å². The molecule has 2 amide bonds. The summed E-state index contributed by atoms with van der Waals surface area (Å²) in [7, 11) is 0. The summed E-state index contributed by atoms with van der Waals surface area (Å²) in [6.45, 7) is 5.88. The quantitative estimate of drug-likeness (QED) is 0.162. The van der Waals surface area contributed by atoms with Gasteiger partial charge in [-0.25, -0.2) is 9.59 Å². The van der Waals surface area contributed by atoms with Crippen LogP contribution in [0.25, 0.3) is 21.5 Å². The van der Waals surface area contributed by atoms with Crippen molar-refractivity contribution < 1.29 is 28.5 Å². The van der Waals surface area contributed by atoms with Gasteiger partial charge in [0.1, 0.15) is 36.9 Å². The molecule has 0 spiro atoms. The molecule has 2 unspecified atom stereocenters. The van der Waals surface area contributed by atoms with Crippen LogP contribution in [0.5, 0.6) is 11.5 Å². The Labute approximate surface area is 250 Å². The predicted molar refractivity (Wildman–Crippen MR) is 169 cm³/mol. The third kappa shape index (κ3) is 7.54. The summed E-state index contributed by atoms with van der Waals surface area (Å²) in [5, 5.41) is 8.87. The molecule has 0 aliphatic rings. The molecule has 220 valence electrons. The van der Waals surface area contributed by atoms with Crippen molar-refractivity contribution in [3.63, 3.8) is 0 Å². The molecular formula is C35H34N2O6. The highest BCUT2D eigenvalue weighted by molar-refractivity contribution is 6.11. The Balaban J connectivity index is 1.32. The molecule has 8 heteroatoms. The molecule has 0 heterocycles. The zero-order valence-electron chi connectivity index (χ0n) is 24.3. The minimum Gasteiger partial charge on any atom is -0.488 e. The van der Waals surface area contributed by atoms with E-state index < -0.39 is 24.4 Å². The average molecular weight is 579 g/mol. The Morgan fingerprint density at radius 3 is 1.49 bits per heavy atom. The first kappa shape index (κ1) is 29.3. The lowest BCUT2D eigenvalue weighted by molar-refractivity contribution is 0.0854. The number of fused-ring (bicyclic) bond motifs is 2. The second-order valence-electron chi connectivity index (χ2n) is 10.3. The number of rotatable bonds is 10. The van der Waals surface area contributed by atoms with E-state index in [1.54, 1.807) is 38.1 Å². The molecule has 2 atom stereocenters. The number of ether oxygens (including phenoxy) is 4. The van der Waals surface area contributed by atoms with E-state index in [0.717, 1.165) is 27.1 Å². The van der Waals surface area contributed by atoms with Gasteiger partial charge in [0.05, 0.1) is 0 Å². The van der Waals surface area contributed by atoms with Crippen LogP contribution in [-0.2, 0) is 9.47 Å². The molecule has 0 aromatic heterocycles. The van der Waals surface area contributed by atoms with E-state index in [9.17, 15) is 9.59 Å². The van der Waals surface area contributed by atoms with Gasteiger partial charge in [-0.05, 0) is 51.1 Å². The molecule has 0 aliphatic heterocycles. The molecule has 5 rings (SSSR count). The molecule has 5 aromatic rings. The summed E-state index contributed by atoms with van der Waals surface area (Å²) in [6, 6.07) is 32.1. The average Bonchev–Trinajstić information content (AvgIpc) is 2.99. The van der Waals surface area contributed by atoms with Crippen LogP contribution in [0.15, 0.2) is 103 Å². The van der Waals surface area contributed by atoms with Gasteiger partial charge in [0.15, 0.2) is 0 Å². The van der Waals surface area contributed by atoms with Gasteiger partial charge in [-0.2, -0.15) is 0 Å². The normalized spacial score (nSPS) is 12.3. The number of para-hydroxylation sites is 2. The van der Waals surface area contributed by atoms with Crippen LogP contribution in [0.4, 0.5) is 21.0 Å². The van der Waals surface area contributed by atoms with Gasteiger partial charge < -0.3 is 18.9 Å². The van der Waals surface area contributed by atoms with Crippen LogP contribution in [0, 0.1) is 6.92 Å². The largest absolute Gasteiger partial charge is 0.488 e.